The smallest absolute Gasteiger partial charge is 0.270 e. The van der Waals surface area contributed by atoms with Crippen LogP contribution in [0.1, 0.15) is 42.6 Å². The molecule has 2 rings (SSSR count). The standard InChI is InChI=1S/C16H24N4O2/c17-10-14(12-6-2-1-3-7-12)20-15(21)11-19-16(22)13-8-4-5-9-18-13/h4-5,8-9,12,14H,1-3,6-7,10-11,17H2,(H,19,22)(H,20,21). The third-order valence-electron chi connectivity index (χ3n) is 4.13. The van der Waals surface area contributed by atoms with Gasteiger partial charge in [0.2, 0.25) is 5.91 Å². The maximum Gasteiger partial charge on any atom is 0.270 e. The molecular weight excluding hydrogens is 280 g/mol. The largest absolute Gasteiger partial charge is 0.350 e. The summed E-state index contributed by atoms with van der Waals surface area (Å²) < 4.78 is 0. The van der Waals surface area contributed by atoms with Gasteiger partial charge in [0.15, 0.2) is 0 Å². The van der Waals surface area contributed by atoms with Gasteiger partial charge in [0.05, 0.1) is 6.54 Å². The zero-order chi connectivity index (χ0) is 15.8. The topological polar surface area (TPSA) is 97.1 Å². The first kappa shape index (κ1) is 16.4. The van der Waals surface area contributed by atoms with Crippen molar-refractivity contribution in [3.63, 3.8) is 0 Å². The van der Waals surface area contributed by atoms with Crippen LogP contribution in [0.5, 0.6) is 0 Å². The number of pyridine rings is 1. The van der Waals surface area contributed by atoms with E-state index in [9.17, 15) is 9.59 Å². The van der Waals surface area contributed by atoms with Gasteiger partial charge in [-0.2, -0.15) is 0 Å². The van der Waals surface area contributed by atoms with Crippen molar-refractivity contribution in [2.24, 2.45) is 11.7 Å². The van der Waals surface area contributed by atoms with Gasteiger partial charge in [-0.25, -0.2) is 0 Å². The van der Waals surface area contributed by atoms with Crippen LogP contribution in [0.2, 0.25) is 0 Å². The van der Waals surface area contributed by atoms with Crippen molar-refractivity contribution in [3.8, 4) is 0 Å². The first-order valence-electron chi connectivity index (χ1n) is 7.89. The third kappa shape index (κ3) is 4.80. The highest BCUT2D eigenvalue weighted by Gasteiger charge is 2.24. The molecule has 0 bridgehead atoms. The van der Waals surface area contributed by atoms with Gasteiger partial charge in [-0.1, -0.05) is 25.3 Å². The monoisotopic (exact) mass is 304 g/mol. The lowest BCUT2D eigenvalue weighted by Gasteiger charge is -2.30. The first-order valence-corrected chi connectivity index (χ1v) is 7.89. The third-order valence-corrected chi connectivity index (χ3v) is 4.13. The predicted molar refractivity (Wildman–Crippen MR) is 84.1 cm³/mol. The molecule has 4 N–H and O–H groups in total. The van der Waals surface area contributed by atoms with Crippen LogP contribution in [0.3, 0.4) is 0 Å². The SMILES string of the molecule is NCC(NC(=O)CNC(=O)c1ccccn1)C1CCCCC1. The molecule has 1 saturated carbocycles. The van der Waals surface area contributed by atoms with Crippen molar-refractivity contribution in [1.82, 2.24) is 15.6 Å². The van der Waals surface area contributed by atoms with E-state index in [4.69, 9.17) is 5.73 Å². The van der Waals surface area contributed by atoms with Crippen LogP contribution in [-0.2, 0) is 4.79 Å². The summed E-state index contributed by atoms with van der Waals surface area (Å²) in [5, 5.41) is 5.52. The van der Waals surface area contributed by atoms with E-state index in [0.29, 0.717) is 18.2 Å². The fourth-order valence-corrected chi connectivity index (χ4v) is 2.91. The average molecular weight is 304 g/mol. The van der Waals surface area contributed by atoms with Crippen molar-refractivity contribution in [2.45, 2.75) is 38.1 Å². The van der Waals surface area contributed by atoms with Crippen LogP contribution in [-0.4, -0.2) is 35.9 Å². The quantitative estimate of drug-likeness (QED) is 0.725. The number of rotatable bonds is 6. The number of nitrogens with one attached hydrogen (secondary N) is 2. The van der Waals surface area contributed by atoms with Crippen LogP contribution < -0.4 is 16.4 Å². The molecule has 1 heterocycles. The summed E-state index contributed by atoms with van der Waals surface area (Å²) in [6, 6.07) is 5.08. The molecule has 0 spiro atoms. The molecule has 6 nitrogen and oxygen atoms in total. The van der Waals surface area contributed by atoms with Gasteiger partial charge in [0, 0.05) is 18.8 Å². The van der Waals surface area contributed by atoms with E-state index in [2.05, 4.69) is 15.6 Å². The minimum absolute atomic E-state index is 0.000415. The van der Waals surface area contributed by atoms with Gasteiger partial charge >= 0.3 is 0 Å². The Hall–Kier alpha value is -1.95. The number of carbonyl (C=O) groups excluding carboxylic acids is 2. The molecule has 0 aliphatic heterocycles. The second-order valence-electron chi connectivity index (χ2n) is 5.71. The number of nitrogens with zero attached hydrogens (tertiary/aromatic N) is 1. The van der Waals surface area contributed by atoms with Crippen molar-refractivity contribution in [1.29, 1.82) is 0 Å². The molecule has 6 heteroatoms. The normalized spacial score (nSPS) is 16.8. The number of carbonyl (C=O) groups is 2. The first-order chi connectivity index (χ1) is 10.7. The Morgan fingerprint density at radius 1 is 1.27 bits per heavy atom. The Bertz CT molecular complexity index is 486. The maximum absolute atomic E-state index is 12.0. The second kappa shape index (κ2) is 8.48. The molecule has 1 fully saturated rings. The summed E-state index contributed by atoms with van der Waals surface area (Å²) in [7, 11) is 0. The number of aromatic nitrogens is 1. The second-order valence-corrected chi connectivity index (χ2v) is 5.71. The Morgan fingerprint density at radius 2 is 2.05 bits per heavy atom. The maximum atomic E-state index is 12.0. The number of amides is 2. The summed E-state index contributed by atoms with van der Waals surface area (Å²) in [4.78, 5) is 27.8. The van der Waals surface area contributed by atoms with Gasteiger partial charge in [-0.3, -0.25) is 14.6 Å². The Kier molecular flexibility index (Phi) is 6.33. The van der Waals surface area contributed by atoms with E-state index < -0.39 is 0 Å². The molecule has 1 aromatic rings. The fourth-order valence-electron chi connectivity index (χ4n) is 2.91. The van der Waals surface area contributed by atoms with Gasteiger partial charge in [0.25, 0.3) is 5.91 Å². The number of nitrogens with two attached hydrogens (primary N) is 1. The molecule has 1 unspecified atom stereocenters. The Morgan fingerprint density at radius 3 is 2.68 bits per heavy atom. The minimum atomic E-state index is -0.349. The Balaban J connectivity index is 1.77. The summed E-state index contributed by atoms with van der Waals surface area (Å²) in [5.41, 5.74) is 6.09. The molecule has 22 heavy (non-hydrogen) atoms. The average Bonchev–Trinajstić information content (AvgIpc) is 2.59. The van der Waals surface area contributed by atoms with Crippen LogP contribution in [0.15, 0.2) is 24.4 Å². The minimum Gasteiger partial charge on any atom is -0.350 e. The highest BCUT2D eigenvalue weighted by Crippen LogP contribution is 2.26. The van der Waals surface area contributed by atoms with E-state index >= 15 is 0 Å². The van der Waals surface area contributed by atoms with Crippen LogP contribution >= 0.6 is 0 Å². The Labute approximate surface area is 130 Å². The lowest BCUT2D eigenvalue weighted by molar-refractivity contribution is -0.121. The van der Waals surface area contributed by atoms with Crippen molar-refractivity contribution >= 4 is 11.8 Å². The molecule has 0 saturated heterocycles. The van der Waals surface area contributed by atoms with E-state index in [-0.39, 0.29) is 24.4 Å². The lowest BCUT2D eigenvalue weighted by Crippen LogP contribution is -2.49. The van der Waals surface area contributed by atoms with Crippen molar-refractivity contribution in [3.05, 3.63) is 30.1 Å². The van der Waals surface area contributed by atoms with Crippen molar-refractivity contribution < 1.29 is 9.59 Å². The summed E-state index contributed by atoms with van der Waals surface area (Å²) >= 11 is 0. The molecule has 2 amide bonds. The van der Waals surface area contributed by atoms with E-state index in [1.165, 1.54) is 19.3 Å². The molecular formula is C16H24N4O2. The van der Waals surface area contributed by atoms with Gasteiger partial charge in [-0.05, 0) is 30.9 Å². The van der Waals surface area contributed by atoms with Gasteiger partial charge < -0.3 is 16.4 Å². The molecule has 1 atom stereocenters. The van der Waals surface area contributed by atoms with Crippen LogP contribution in [0, 0.1) is 5.92 Å². The molecule has 1 aromatic heterocycles. The highest BCUT2D eigenvalue weighted by atomic mass is 16.2. The summed E-state index contributed by atoms with van der Waals surface area (Å²) in [6.07, 6.45) is 7.44. The molecule has 0 radical (unpaired) electrons. The molecule has 1 aliphatic carbocycles. The van der Waals surface area contributed by atoms with Crippen LogP contribution in [0.4, 0.5) is 0 Å². The highest BCUT2D eigenvalue weighted by molar-refractivity contribution is 5.94. The van der Waals surface area contributed by atoms with Gasteiger partial charge in [-0.15, -0.1) is 0 Å². The zero-order valence-corrected chi connectivity index (χ0v) is 12.8. The zero-order valence-electron chi connectivity index (χ0n) is 12.8. The number of hydrogen-bond acceptors (Lipinski definition) is 4. The van der Waals surface area contributed by atoms with Crippen LogP contribution in [0.25, 0.3) is 0 Å². The van der Waals surface area contributed by atoms with Crippen molar-refractivity contribution in [2.75, 3.05) is 13.1 Å². The predicted octanol–water partition coefficient (Wildman–Crippen LogP) is 0.835. The van der Waals surface area contributed by atoms with E-state index in [0.717, 1.165) is 12.8 Å². The fraction of sp³-hybridized carbons (Fsp3) is 0.562. The van der Waals surface area contributed by atoms with E-state index in [1.54, 1.807) is 24.4 Å². The summed E-state index contributed by atoms with van der Waals surface area (Å²) in [6.45, 7) is 0.378. The number of hydrogen-bond donors (Lipinski definition) is 3. The van der Waals surface area contributed by atoms with E-state index in [1.807, 2.05) is 0 Å². The lowest BCUT2D eigenvalue weighted by atomic mass is 9.84. The molecule has 0 aromatic carbocycles. The molecule has 1 aliphatic rings. The molecule has 120 valence electrons. The van der Waals surface area contributed by atoms with Gasteiger partial charge in [0.1, 0.15) is 5.69 Å². The summed E-state index contributed by atoms with van der Waals surface area (Å²) in [5.74, 6) is -0.0998.